The minimum absolute atomic E-state index is 0.0107. The fraction of sp³-hybridized carbons (Fsp3) is 0.435. The Bertz CT molecular complexity index is 872. The Morgan fingerprint density at radius 2 is 1.54 bits per heavy atom. The fourth-order valence-corrected chi connectivity index (χ4v) is 3.09. The van der Waals surface area contributed by atoms with Gasteiger partial charge in [-0.05, 0) is 44.9 Å². The molecule has 0 atom stereocenters. The number of nitrogens with zero attached hydrogens (tertiary/aromatic N) is 1. The molecule has 1 saturated heterocycles. The van der Waals surface area contributed by atoms with Crippen LogP contribution < -0.4 is 5.59 Å². The summed E-state index contributed by atoms with van der Waals surface area (Å²) >= 11 is 0. The molecule has 1 fully saturated rings. The Morgan fingerprint density at radius 3 is 2.07 bits per heavy atom. The monoisotopic (exact) mass is 379 g/mol. The molecule has 1 aromatic carbocycles. The van der Waals surface area contributed by atoms with Gasteiger partial charge in [0.05, 0.1) is 16.8 Å². The third-order valence-corrected chi connectivity index (χ3v) is 5.55. The first-order valence-electron chi connectivity index (χ1n) is 9.77. The van der Waals surface area contributed by atoms with Crippen LogP contribution in [0.3, 0.4) is 0 Å². The van der Waals surface area contributed by atoms with Gasteiger partial charge in [-0.25, -0.2) is 0 Å². The third kappa shape index (κ3) is 3.87. The average Bonchev–Trinajstić information content (AvgIpc) is 3.10. The van der Waals surface area contributed by atoms with Gasteiger partial charge in [-0.3, -0.25) is 9.36 Å². The molecule has 2 aromatic rings. The zero-order valence-corrected chi connectivity index (χ0v) is 17.9. The number of aromatic nitrogens is 1. The van der Waals surface area contributed by atoms with Crippen LogP contribution in [0.4, 0.5) is 0 Å². The van der Waals surface area contributed by atoms with Crippen LogP contribution in [0, 0.1) is 5.41 Å². The van der Waals surface area contributed by atoms with Crippen molar-refractivity contribution in [1.82, 2.24) is 4.57 Å². The van der Waals surface area contributed by atoms with Crippen molar-refractivity contribution in [2.45, 2.75) is 59.7 Å². The smallest absolute Gasteiger partial charge is 0.398 e. The van der Waals surface area contributed by atoms with E-state index in [0.717, 1.165) is 16.7 Å². The number of hydrogen-bond donors (Lipinski definition) is 0. The summed E-state index contributed by atoms with van der Waals surface area (Å²) in [4.78, 5) is 13.1. The lowest BCUT2D eigenvalue weighted by atomic mass is 9.80. The van der Waals surface area contributed by atoms with E-state index >= 15 is 0 Å². The summed E-state index contributed by atoms with van der Waals surface area (Å²) in [7, 11) is -0.610. The molecule has 0 radical (unpaired) electrons. The van der Waals surface area contributed by atoms with Crippen LogP contribution in [-0.4, -0.2) is 28.8 Å². The molecule has 1 aromatic heterocycles. The van der Waals surface area contributed by atoms with Crippen molar-refractivity contribution in [3.63, 3.8) is 0 Å². The molecule has 2 heterocycles. The van der Waals surface area contributed by atoms with Crippen LogP contribution >= 0.6 is 0 Å². The highest BCUT2D eigenvalue weighted by atomic mass is 16.7. The van der Waals surface area contributed by atoms with Gasteiger partial charge < -0.3 is 9.31 Å². The molecule has 0 bridgehead atoms. The molecule has 0 spiro atoms. The van der Waals surface area contributed by atoms with E-state index in [0.29, 0.717) is 0 Å². The predicted octanol–water partition coefficient (Wildman–Crippen LogP) is 4.64. The first kappa shape index (κ1) is 20.6. The Hall–Kier alpha value is -2.11. The molecule has 3 rings (SSSR count). The first-order valence-corrected chi connectivity index (χ1v) is 9.77. The van der Waals surface area contributed by atoms with Crippen LogP contribution in [0.5, 0.6) is 0 Å². The van der Waals surface area contributed by atoms with Gasteiger partial charge in [0.2, 0.25) is 5.91 Å². The molecule has 0 amide bonds. The number of carbonyl (C=O) groups excluding carboxylic acids is 1. The number of rotatable bonds is 3. The summed E-state index contributed by atoms with van der Waals surface area (Å²) < 4.78 is 14.2. The van der Waals surface area contributed by atoms with E-state index in [2.05, 4.69) is 0 Å². The van der Waals surface area contributed by atoms with E-state index < -0.39 is 23.7 Å². The lowest BCUT2D eigenvalue weighted by molar-refractivity contribution is 0.00578. The highest BCUT2D eigenvalue weighted by molar-refractivity contribution is 6.62. The highest BCUT2D eigenvalue weighted by Gasteiger charge is 2.53. The zero-order chi connectivity index (χ0) is 20.7. The molecule has 148 valence electrons. The van der Waals surface area contributed by atoms with Gasteiger partial charge >= 0.3 is 7.12 Å². The van der Waals surface area contributed by atoms with Gasteiger partial charge in [-0.15, -0.1) is 0 Å². The molecule has 28 heavy (non-hydrogen) atoms. The Balaban J connectivity index is 2.06. The van der Waals surface area contributed by atoms with Crippen LogP contribution in [0.2, 0.25) is 0 Å². The molecular formula is C23H30BNO3. The van der Waals surface area contributed by atoms with Gasteiger partial charge in [0.1, 0.15) is 0 Å². The van der Waals surface area contributed by atoms with E-state index in [1.54, 1.807) is 4.57 Å². The summed E-state index contributed by atoms with van der Waals surface area (Å²) in [5.74, 6) is 0.0107. The molecule has 0 saturated carbocycles. The second-order valence-electron chi connectivity index (χ2n) is 9.41. The van der Waals surface area contributed by atoms with Gasteiger partial charge in [0.25, 0.3) is 0 Å². The van der Waals surface area contributed by atoms with Gasteiger partial charge in [-0.1, -0.05) is 63.3 Å². The standard InChI is InChI=1S/C23H30BNO3/c1-21(2,3)20(26)25-16-15-18(14-13-17-11-9-8-10-12-17)19(25)24-27-22(4,5)23(6,7)28-24/h8-16H,1-7H3/b14-13+. The molecule has 4 nitrogen and oxygen atoms in total. The van der Waals surface area contributed by atoms with Crippen molar-refractivity contribution >= 4 is 30.8 Å². The van der Waals surface area contributed by atoms with Crippen molar-refractivity contribution < 1.29 is 14.1 Å². The Morgan fingerprint density at radius 1 is 0.964 bits per heavy atom. The second kappa shape index (κ2) is 7.05. The SMILES string of the molecule is CC(C)(C)C(=O)n1ccc(/C=C/c2ccccc2)c1B1OC(C)(C)C(C)(C)O1. The summed E-state index contributed by atoms with van der Waals surface area (Å²) in [6, 6.07) is 12.0. The van der Waals surface area contributed by atoms with E-state index in [-0.39, 0.29) is 5.91 Å². The molecule has 5 heteroatoms. The average molecular weight is 379 g/mol. The molecule has 0 N–H and O–H groups in total. The minimum atomic E-state index is -0.610. The summed E-state index contributed by atoms with van der Waals surface area (Å²) in [6.07, 6.45) is 5.87. The third-order valence-electron chi connectivity index (χ3n) is 5.55. The summed E-state index contributed by atoms with van der Waals surface area (Å²) in [5, 5.41) is 0. The van der Waals surface area contributed by atoms with Crippen LogP contribution in [0.25, 0.3) is 12.2 Å². The minimum Gasteiger partial charge on any atom is -0.398 e. The zero-order valence-electron chi connectivity index (χ0n) is 17.9. The summed E-state index contributed by atoms with van der Waals surface area (Å²) in [5.41, 5.74) is 1.29. The van der Waals surface area contributed by atoms with Crippen LogP contribution in [0.15, 0.2) is 42.6 Å². The van der Waals surface area contributed by atoms with Crippen molar-refractivity contribution in [1.29, 1.82) is 0 Å². The Kier molecular flexibility index (Phi) is 5.19. The van der Waals surface area contributed by atoms with E-state index in [1.165, 1.54) is 0 Å². The van der Waals surface area contributed by atoms with Crippen molar-refractivity contribution in [3.8, 4) is 0 Å². The highest BCUT2D eigenvalue weighted by Crippen LogP contribution is 2.37. The van der Waals surface area contributed by atoms with Gasteiger partial charge in [0.15, 0.2) is 0 Å². The maximum Gasteiger partial charge on any atom is 0.513 e. The van der Waals surface area contributed by atoms with Crippen LogP contribution in [-0.2, 0) is 9.31 Å². The topological polar surface area (TPSA) is 40.5 Å². The van der Waals surface area contributed by atoms with Crippen molar-refractivity contribution in [2.75, 3.05) is 0 Å². The normalized spacial score (nSPS) is 18.8. The van der Waals surface area contributed by atoms with E-state index in [9.17, 15) is 4.79 Å². The number of benzene rings is 1. The Labute approximate surface area is 168 Å². The maximum atomic E-state index is 13.1. The second-order valence-corrected chi connectivity index (χ2v) is 9.41. The van der Waals surface area contributed by atoms with Gasteiger partial charge in [-0.2, -0.15) is 0 Å². The molecule has 1 aliphatic rings. The van der Waals surface area contributed by atoms with Crippen molar-refractivity contribution in [3.05, 3.63) is 53.7 Å². The molecular weight excluding hydrogens is 349 g/mol. The fourth-order valence-electron chi connectivity index (χ4n) is 3.09. The largest absolute Gasteiger partial charge is 0.513 e. The van der Waals surface area contributed by atoms with E-state index in [1.807, 2.05) is 103 Å². The lowest BCUT2D eigenvalue weighted by Gasteiger charge is -2.32. The number of hydrogen-bond acceptors (Lipinski definition) is 3. The molecule has 0 aliphatic carbocycles. The summed E-state index contributed by atoms with van der Waals surface area (Å²) in [6.45, 7) is 13.8. The van der Waals surface area contributed by atoms with E-state index in [4.69, 9.17) is 9.31 Å². The lowest BCUT2D eigenvalue weighted by Crippen LogP contribution is -2.45. The molecule has 0 unspecified atom stereocenters. The number of carbonyl (C=O) groups is 1. The maximum absolute atomic E-state index is 13.1. The van der Waals surface area contributed by atoms with Crippen molar-refractivity contribution in [2.24, 2.45) is 5.41 Å². The predicted molar refractivity (Wildman–Crippen MR) is 116 cm³/mol. The first-order chi connectivity index (χ1) is 12.9. The quantitative estimate of drug-likeness (QED) is 0.730. The van der Waals surface area contributed by atoms with Crippen LogP contribution in [0.1, 0.15) is 64.4 Å². The van der Waals surface area contributed by atoms with Gasteiger partial charge in [0, 0.05) is 11.6 Å². The molecule has 1 aliphatic heterocycles.